The SMILES string of the molecule is CCCOc1ccc(S(N)(=O)=O)cc1C. The minimum absolute atomic E-state index is 0.115. The van der Waals surface area contributed by atoms with Gasteiger partial charge in [-0.25, -0.2) is 13.6 Å². The number of primary sulfonamides is 1. The maximum Gasteiger partial charge on any atom is 0.238 e. The first kappa shape index (κ1) is 12.0. The molecule has 0 atom stereocenters. The summed E-state index contributed by atoms with van der Waals surface area (Å²) < 4.78 is 27.5. The van der Waals surface area contributed by atoms with E-state index < -0.39 is 10.0 Å². The van der Waals surface area contributed by atoms with Gasteiger partial charge < -0.3 is 4.74 Å². The van der Waals surface area contributed by atoms with Gasteiger partial charge in [0.15, 0.2) is 0 Å². The van der Waals surface area contributed by atoms with Crippen LogP contribution in [-0.2, 0) is 10.0 Å². The molecule has 0 aliphatic carbocycles. The van der Waals surface area contributed by atoms with Crippen LogP contribution >= 0.6 is 0 Å². The average Bonchev–Trinajstić information content (AvgIpc) is 2.14. The van der Waals surface area contributed by atoms with Gasteiger partial charge in [0.2, 0.25) is 10.0 Å². The van der Waals surface area contributed by atoms with E-state index in [9.17, 15) is 8.42 Å². The zero-order valence-corrected chi connectivity index (χ0v) is 9.67. The van der Waals surface area contributed by atoms with Crippen molar-refractivity contribution in [3.63, 3.8) is 0 Å². The number of hydrogen-bond donors (Lipinski definition) is 1. The van der Waals surface area contributed by atoms with Gasteiger partial charge in [0.05, 0.1) is 11.5 Å². The zero-order chi connectivity index (χ0) is 11.5. The van der Waals surface area contributed by atoms with E-state index in [1.807, 2.05) is 6.92 Å². The summed E-state index contributed by atoms with van der Waals surface area (Å²) in [5.74, 6) is 0.698. The molecule has 0 unspecified atom stereocenters. The fourth-order valence-corrected chi connectivity index (χ4v) is 1.77. The van der Waals surface area contributed by atoms with Crippen LogP contribution in [0.1, 0.15) is 18.9 Å². The number of hydrogen-bond acceptors (Lipinski definition) is 3. The topological polar surface area (TPSA) is 69.4 Å². The first-order valence-corrected chi connectivity index (χ1v) is 6.26. The third-order valence-electron chi connectivity index (χ3n) is 1.94. The predicted molar refractivity (Wildman–Crippen MR) is 58.3 cm³/mol. The Hall–Kier alpha value is -1.07. The quantitative estimate of drug-likeness (QED) is 0.849. The third-order valence-corrected chi connectivity index (χ3v) is 2.85. The second-order valence-corrected chi connectivity index (χ2v) is 4.88. The van der Waals surface area contributed by atoms with E-state index in [4.69, 9.17) is 9.88 Å². The van der Waals surface area contributed by atoms with Crippen LogP contribution in [0.15, 0.2) is 23.1 Å². The van der Waals surface area contributed by atoms with E-state index in [0.29, 0.717) is 12.4 Å². The van der Waals surface area contributed by atoms with Crippen molar-refractivity contribution >= 4 is 10.0 Å². The van der Waals surface area contributed by atoms with E-state index in [0.717, 1.165) is 12.0 Å². The van der Waals surface area contributed by atoms with Gasteiger partial charge in [0.1, 0.15) is 5.75 Å². The normalized spacial score (nSPS) is 11.4. The predicted octanol–water partition coefficient (Wildman–Crippen LogP) is 1.43. The molecule has 0 aliphatic rings. The van der Waals surface area contributed by atoms with Crippen molar-refractivity contribution in [2.24, 2.45) is 5.14 Å². The molecule has 4 nitrogen and oxygen atoms in total. The average molecular weight is 229 g/mol. The summed E-state index contributed by atoms with van der Waals surface area (Å²) in [5, 5.41) is 5.01. The van der Waals surface area contributed by atoms with Crippen LogP contribution in [-0.4, -0.2) is 15.0 Å². The van der Waals surface area contributed by atoms with Crippen molar-refractivity contribution in [2.45, 2.75) is 25.2 Å². The van der Waals surface area contributed by atoms with Gasteiger partial charge in [0.25, 0.3) is 0 Å². The molecule has 1 aromatic carbocycles. The number of rotatable bonds is 4. The molecule has 0 fully saturated rings. The maximum atomic E-state index is 11.0. The molecule has 2 N–H and O–H groups in total. The third kappa shape index (κ3) is 3.21. The van der Waals surface area contributed by atoms with E-state index >= 15 is 0 Å². The molecule has 1 rings (SSSR count). The highest BCUT2D eigenvalue weighted by molar-refractivity contribution is 7.89. The molecule has 0 bridgehead atoms. The van der Waals surface area contributed by atoms with Crippen molar-refractivity contribution in [3.05, 3.63) is 23.8 Å². The van der Waals surface area contributed by atoms with E-state index in [1.54, 1.807) is 13.0 Å². The standard InChI is InChI=1S/C10H15NO3S/c1-3-6-14-10-5-4-9(7-8(10)2)15(11,12)13/h4-5,7H,3,6H2,1-2H3,(H2,11,12,13). The van der Waals surface area contributed by atoms with Gasteiger partial charge in [0, 0.05) is 0 Å². The van der Waals surface area contributed by atoms with Gasteiger partial charge in [-0.05, 0) is 37.1 Å². The Bertz CT molecular complexity index is 440. The highest BCUT2D eigenvalue weighted by Crippen LogP contribution is 2.21. The largest absolute Gasteiger partial charge is 0.493 e. The van der Waals surface area contributed by atoms with Gasteiger partial charge in [-0.1, -0.05) is 6.92 Å². The molecule has 1 aromatic rings. The van der Waals surface area contributed by atoms with Crippen LogP contribution in [0.4, 0.5) is 0 Å². The van der Waals surface area contributed by atoms with Crippen LogP contribution in [0.25, 0.3) is 0 Å². The summed E-state index contributed by atoms with van der Waals surface area (Å²) in [4.78, 5) is 0.115. The molecule has 0 amide bonds. The van der Waals surface area contributed by atoms with Gasteiger partial charge in [-0.3, -0.25) is 0 Å². The summed E-state index contributed by atoms with van der Waals surface area (Å²) in [5.41, 5.74) is 0.773. The monoisotopic (exact) mass is 229 g/mol. The second kappa shape index (κ2) is 4.63. The van der Waals surface area contributed by atoms with E-state index in [-0.39, 0.29) is 4.90 Å². The fourth-order valence-electron chi connectivity index (χ4n) is 1.17. The van der Waals surface area contributed by atoms with E-state index in [1.165, 1.54) is 12.1 Å². The first-order chi connectivity index (χ1) is 6.95. The molecule has 5 heteroatoms. The number of ether oxygens (including phenoxy) is 1. The van der Waals surface area contributed by atoms with Gasteiger partial charge in [-0.15, -0.1) is 0 Å². The van der Waals surface area contributed by atoms with Crippen molar-refractivity contribution in [3.8, 4) is 5.75 Å². The summed E-state index contributed by atoms with van der Waals surface area (Å²) in [7, 11) is -3.62. The van der Waals surface area contributed by atoms with Crippen molar-refractivity contribution in [1.29, 1.82) is 0 Å². The Kier molecular flexibility index (Phi) is 3.71. The highest BCUT2D eigenvalue weighted by atomic mass is 32.2. The van der Waals surface area contributed by atoms with E-state index in [2.05, 4.69) is 0 Å². The summed E-state index contributed by atoms with van der Waals surface area (Å²) in [6, 6.07) is 4.60. The molecule has 0 aliphatic heterocycles. The molecule has 0 aromatic heterocycles. The van der Waals surface area contributed by atoms with Crippen molar-refractivity contribution in [1.82, 2.24) is 0 Å². The lowest BCUT2D eigenvalue weighted by Gasteiger charge is -2.08. The summed E-state index contributed by atoms with van der Waals surface area (Å²) in [6.07, 6.45) is 0.913. The fraction of sp³-hybridized carbons (Fsp3) is 0.400. The minimum Gasteiger partial charge on any atom is -0.493 e. The van der Waals surface area contributed by atoms with Crippen LogP contribution in [0.3, 0.4) is 0 Å². The molecule has 84 valence electrons. The van der Waals surface area contributed by atoms with Crippen molar-refractivity contribution in [2.75, 3.05) is 6.61 Å². The lowest BCUT2D eigenvalue weighted by Crippen LogP contribution is -2.12. The molecule has 0 spiro atoms. The molecule has 0 saturated carbocycles. The Labute approximate surface area is 90.1 Å². The smallest absolute Gasteiger partial charge is 0.238 e. The summed E-state index contributed by atoms with van der Waals surface area (Å²) >= 11 is 0. The molecular formula is C10H15NO3S. The Balaban J connectivity index is 2.99. The number of sulfonamides is 1. The maximum absolute atomic E-state index is 11.0. The Morgan fingerprint density at radius 3 is 2.53 bits per heavy atom. The number of aryl methyl sites for hydroxylation is 1. The lowest BCUT2D eigenvalue weighted by molar-refractivity contribution is 0.315. The molecule has 0 heterocycles. The molecule has 0 radical (unpaired) electrons. The van der Waals surface area contributed by atoms with Gasteiger partial charge in [-0.2, -0.15) is 0 Å². The molecule has 15 heavy (non-hydrogen) atoms. The first-order valence-electron chi connectivity index (χ1n) is 4.71. The highest BCUT2D eigenvalue weighted by Gasteiger charge is 2.09. The Morgan fingerprint density at radius 1 is 1.40 bits per heavy atom. The van der Waals surface area contributed by atoms with Crippen molar-refractivity contribution < 1.29 is 13.2 Å². The zero-order valence-electron chi connectivity index (χ0n) is 8.86. The Morgan fingerprint density at radius 2 is 2.07 bits per heavy atom. The van der Waals surface area contributed by atoms with Gasteiger partial charge >= 0.3 is 0 Å². The molecule has 0 saturated heterocycles. The van der Waals surface area contributed by atoms with Crippen LogP contribution in [0, 0.1) is 6.92 Å². The minimum atomic E-state index is -3.62. The summed E-state index contributed by atoms with van der Waals surface area (Å²) in [6.45, 7) is 4.42. The number of benzene rings is 1. The molecular weight excluding hydrogens is 214 g/mol. The second-order valence-electron chi connectivity index (χ2n) is 3.32. The van der Waals surface area contributed by atoms with Crippen LogP contribution in [0.2, 0.25) is 0 Å². The van der Waals surface area contributed by atoms with Crippen LogP contribution < -0.4 is 9.88 Å². The van der Waals surface area contributed by atoms with Crippen LogP contribution in [0.5, 0.6) is 5.75 Å². The number of nitrogens with two attached hydrogens (primary N) is 1. The lowest BCUT2D eigenvalue weighted by atomic mass is 10.2.